The van der Waals surface area contributed by atoms with Crippen molar-refractivity contribution in [3.8, 4) is 0 Å². The standard InChI is InChI=1S/C16H30N2O3/c1-5-12(3)11-18(4)15(21)17-16(14(19)20)9-7-13(6-2)8-10-16/h12-13H,5-11H2,1-4H3,(H,17,21)(H,19,20). The Hall–Kier alpha value is -1.26. The number of urea groups is 1. The van der Waals surface area contributed by atoms with Crippen molar-refractivity contribution in [1.29, 1.82) is 0 Å². The lowest BCUT2D eigenvalue weighted by Gasteiger charge is -2.38. The minimum atomic E-state index is -1.08. The normalized spacial score (nSPS) is 27.0. The summed E-state index contributed by atoms with van der Waals surface area (Å²) < 4.78 is 0. The van der Waals surface area contributed by atoms with Crippen molar-refractivity contribution in [3.05, 3.63) is 0 Å². The van der Waals surface area contributed by atoms with E-state index in [-0.39, 0.29) is 6.03 Å². The van der Waals surface area contributed by atoms with Crippen molar-refractivity contribution in [1.82, 2.24) is 10.2 Å². The van der Waals surface area contributed by atoms with Crippen LogP contribution < -0.4 is 5.32 Å². The molecule has 0 aromatic heterocycles. The fourth-order valence-corrected chi connectivity index (χ4v) is 2.95. The lowest BCUT2D eigenvalue weighted by atomic mass is 9.75. The summed E-state index contributed by atoms with van der Waals surface area (Å²) >= 11 is 0. The molecule has 5 heteroatoms. The Morgan fingerprint density at radius 1 is 1.33 bits per heavy atom. The van der Waals surface area contributed by atoms with Gasteiger partial charge in [0, 0.05) is 13.6 Å². The Morgan fingerprint density at radius 3 is 2.33 bits per heavy atom. The molecule has 0 aromatic rings. The molecule has 122 valence electrons. The van der Waals surface area contributed by atoms with Crippen LogP contribution in [-0.4, -0.2) is 41.1 Å². The lowest BCUT2D eigenvalue weighted by molar-refractivity contribution is -0.146. The number of nitrogens with one attached hydrogen (secondary N) is 1. The van der Waals surface area contributed by atoms with Crippen LogP contribution >= 0.6 is 0 Å². The number of amides is 2. The molecule has 1 saturated carbocycles. The van der Waals surface area contributed by atoms with Gasteiger partial charge in [0.05, 0.1) is 0 Å². The minimum absolute atomic E-state index is 0.271. The summed E-state index contributed by atoms with van der Waals surface area (Å²) in [7, 11) is 1.73. The van der Waals surface area contributed by atoms with E-state index < -0.39 is 11.5 Å². The molecule has 1 aliphatic carbocycles. The highest BCUT2D eigenvalue weighted by Gasteiger charge is 2.43. The van der Waals surface area contributed by atoms with Crippen molar-refractivity contribution in [2.24, 2.45) is 11.8 Å². The Labute approximate surface area is 128 Å². The summed E-state index contributed by atoms with van der Waals surface area (Å²) in [6, 6.07) is -0.271. The Morgan fingerprint density at radius 2 is 1.90 bits per heavy atom. The SMILES string of the molecule is CCC(C)CN(C)C(=O)NC1(C(=O)O)CCC(CC)CC1. The fraction of sp³-hybridized carbons (Fsp3) is 0.875. The van der Waals surface area contributed by atoms with E-state index in [1.165, 1.54) is 0 Å². The minimum Gasteiger partial charge on any atom is -0.480 e. The summed E-state index contributed by atoms with van der Waals surface area (Å²) in [6.45, 7) is 6.96. The third-order valence-corrected chi connectivity index (χ3v) is 4.92. The second-order valence-corrected chi connectivity index (χ2v) is 6.56. The first-order chi connectivity index (χ1) is 9.84. The molecule has 2 N–H and O–H groups in total. The van der Waals surface area contributed by atoms with E-state index >= 15 is 0 Å². The highest BCUT2D eigenvalue weighted by Crippen LogP contribution is 2.34. The van der Waals surface area contributed by atoms with E-state index in [0.29, 0.717) is 31.2 Å². The Bertz CT molecular complexity index is 363. The Balaban J connectivity index is 2.67. The van der Waals surface area contributed by atoms with Gasteiger partial charge >= 0.3 is 12.0 Å². The van der Waals surface area contributed by atoms with Crippen LogP contribution in [0.3, 0.4) is 0 Å². The van der Waals surface area contributed by atoms with E-state index in [1.54, 1.807) is 11.9 Å². The molecule has 21 heavy (non-hydrogen) atoms. The highest BCUT2D eigenvalue weighted by atomic mass is 16.4. The van der Waals surface area contributed by atoms with E-state index in [4.69, 9.17) is 0 Å². The van der Waals surface area contributed by atoms with Crippen molar-refractivity contribution in [2.75, 3.05) is 13.6 Å². The summed E-state index contributed by atoms with van der Waals surface area (Å²) in [5.74, 6) is 0.104. The van der Waals surface area contributed by atoms with Crippen LogP contribution in [0.4, 0.5) is 4.79 Å². The smallest absolute Gasteiger partial charge is 0.329 e. The van der Waals surface area contributed by atoms with Gasteiger partial charge in [0.15, 0.2) is 0 Å². The van der Waals surface area contributed by atoms with Gasteiger partial charge in [-0.25, -0.2) is 9.59 Å². The number of carbonyl (C=O) groups excluding carboxylic acids is 1. The molecule has 1 atom stereocenters. The van der Waals surface area contributed by atoms with Gasteiger partial charge in [-0.3, -0.25) is 0 Å². The van der Waals surface area contributed by atoms with Crippen molar-refractivity contribution >= 4 is 12.0 Å². The molecule has 0 aromatic carbocycles. The predicted molar refractivity (Wildman–Crippen MR) is 83.2 cm³/mol. The molecule has 1 unspecified atom stereocenters. The summed E-state index contributed by atoms with van der Waals surface area (Å²) in [6.07, 6.45) is 4.89. The van der Waals surface area contributed by atoms with Gasteiger partial charge in [-0.1, -0.05) is 33.6 Å². The molecule has 1 aliphatic rings. The van der Waals surface area contributed by atoms with Crippen molar-refractivity contribution < 1.29 is 14.7 Å². The maximum atomic E-state index is 12.3. The maximum Gasteiger partial charge on any atom is 0.329 e. The molecule has 0 aliphatic heterocycles. The summed E-state index contributed by atoms with van der Waals surface area (Å²) in [5, 5.41) is 12.4. The van der Waals surface area contributed by atoms with Gasteiger partial charge in [0.1, 0.15) is 5.54 Å². The molecule has 0 heterocycles. The fourth-order valence-electron chi connectivity index (χ4n) is 2.95. The zero-order valence-corrected chi connectivity index (χ0v) is 13.8. The van der Waals surface area contributed by atoms with Crippen LogP contribution in [0.25, 0.3) is 0 Å². The number of hydrogen-bond donors (Lipinski definition) is 2. The first-order valence-corrected chi connectivity index (χ1v) is 8.11. The molecule has 5 nitrogen and oxygen atoms in total. The molecule has 0 spiro atoms. The predicted octanol–water partition coefficient (Wildman–Crippen LogP) is 3.10. The molecule has 1 fully saturated rings. The van der Waals surface area contributed by atoms with E-state index in [1.807, 2.05) is 0 Å². The zero-order chi connectivity index (χ0) is 16.0. The molecule has 0 bridgehead atoms. The van der Waals surface area contributed by atoms with Gasteiger partial charge in [-0.05, 0) is 37.5 Å². The average Bonchev–Trinajstić information content (AvgIpc) is 2.47. The van der Waals surface area contributed by atoms with Gasteiger partial charge in [-0.15, -0.1) is 0 Å². The van der Waals surface area contributed by atoms with E-state index in [0.717, 1.165) is 25.7 Å². The third kappa shape index (κ3) is 4.61. The quantitative estimate of drug-likeness (QED) is 0.791. The molecule has 0 saturated heterocycles. The number of aliphatic carboxylic acids is 1. The monoisotopic (exact) mass is 298 g/mol. The van der Waals surface area contributed by atoms with Crippen LogP contribution in [-0.2, 0) is 4.79 Å². The van der Waals surface area contributed by atoms with E-state index in [2.05, 4.69) is 26.1 Å². The van der Waals surface area contributed by atoms with Gasteiger partial charge in [-0.2, -0.15) is 0 Å². The number of nitrogens with zero attached hydrogens (tertiary/aromatic N) is 1. The summed E-state index contributed by atoms with van der Waals surface area (Å²) in [5.41, 5.74) is -1.08. The number of carboxylic acid groups (broad SMARTS) is 1. The van der Waals surface area contributed by atoms with Crippen LogP contribution in [0.2, 0.25) is 0 Å². The highest BCUT2D eigenvalue weighted by molar-refractivity contribution is 5.86. The van der Waals surface area contributed by atoms with E-state index in [9.17, 15) is 14.7 Å². The largest absolute Gasteiger partial charge is 0.480 e. The van der Waals surface area contributed by atoms with Crippen LogP contribution in [0.1, 0.15) is 59.3 Å². The van der Waals surface area contributed by atoms with Crippen molar-refractivity contribution in [2.45, 2.75) is 64.8 Å². The average molecular weight is 298 g/mol. The number of hydrogen-bond acceptors (Lipinski definition) is 2. The van der Waals surface area contributed by atoms with Gasteiger partial charge in [0.25, 0.3) is 0 Å². The van der Waals surface area contributed by atoms with Gasteiger partial charge in [0.2, 0.25) is 0 Å². The molecule has 0 radical (unpaired) electrons. The second-order valence-electron chi connectivity index (χ2n) is 6.56. The maximum absolute atomic E-state index is 12.3. The first kappa shape index (κ1) is 17.8. The molecule has 2 amide bonds. The first-order valence-electron chi connectivity index (χ1n) is 8.11. The second kappa shape index (κ2) is 7.66. The lowest BCUT2D eigenvalue weighted by Crippen LogP contribution is -2.59. The molecular formula is C16H30N2O3. The topological polar surface area (TPSA) is 69.6 Å². The van der Waals surface area contributed by atoms with Crippen LogP contribution in [0, 0.1) is 11.8 Å². The number of rotatable bonds is 6. The summed E-state index contributed by atoms with van der Waals surface area (Å²) in [4.78, 5) is 25.6. The molecular weight excluding hydrogens is 268 g/mol. The number of carbonyl (C=O) groups is 2. The third-order valence-electron chi connectivity index (χ3n) is 4.92. The van der Waals surface area contributed by atoms with Crippen molar-refractivity contribution in [3.63, 3.8) is 0 Å². The van der Waals surface area contributed by atoms with Crippen LogP contribution in [0.15, 0.2) is 0 Å². The number of carboxylic acids is 1. The van der Waals surface area contributed by atoms with Gasteiger partial charge < -0.3 is 15.3 Å². The van der Waals surface area contributed by atoms with Crippen LogP contribution in [0.5, 0.6) is 0 Å². The zero-order valence-electron chi connectivity index (χ0n) is 13.8. The molecule has 1 rings (SSSR count). The Kier molecular flexibility index (Phi) is 6.49.